The standard InChI is InChI=1S/C20H23F3N4O2.HI/c1-24-19(27-13-14-6-8-16(9-7-14)20(21,22)23)26-11-10-25-18(28)15-4-3-5-17(12-15)29-2;/h3-9,12H,10-11,13H2,1-2H3,(H,25,28)(H2,24,26,27);1H. The third kappa shape index (κ3) is 8.09. The van der Waals surface area contributed by atoms with Crippen molar-refractivity contribution in [1.29, 1.82) is 0 Å². The number of amides is 1. The molecule has 0 aliphatic rings. The Labute approximate surface area is 190 Å². The number of alkyl halides is 3. The van der Waals surface area contributed by atoms with Crippen molar-refractivity contribution in [2.24, 2.45) is 4.99 Å². The number of guanidine groups is 1. The van der Waals surface area contributed by atoms with Gasteiger partial charge in [-0.15, -0.1) is 24.0 Å². The van der Waals surface area contributed by atoms with Crippen LogP contribution in [0, 0.1) is 0 Å². The lowest BCUT2D eigenvalue weighted by molar-refractivity contribution is -0.137. The lowest BCUT2D eigenvalue weighted by Crippen LogP contribution is -2.41. The van der Waals surface area contributed by atoms with E-state index in [1.54, 1.807) is 31.3 Å². The Bertz CT molecular complexity index is 843. The molecule has 6 nitrogen and oxygen atoms in total. The molecule has 0 aliphatic heterocycles. The van der Waals surface area contributed by atoms with Crippen LogP contribution in [0.2, 0.25) is 0 Å². The van der Waals surface area contributed by atoms with Gasteiger partial charge in [0.05, 0.1) is 12.7 Å². The van der Waals surface area contributed by atoms with Crippen molar-refractivity contribution in [3.8, 4) is 5.75 Å². The smallest absolute Gasteiger partial charge is 0.416 e. The van der Waals surface area contributed by atoms with Crippen LogP contribution in [-0.4, -0.2) is 39.1 Å². The summed E-state index contributed by atoms with van der Waals surface area (Å²) in [5, 5.41) is 8.81. The number of hydrogen-bond acceptors (Lipinski definition) is 3. The number of carbonyl (C=O) groups is 1. The minimum Gasteiger partial charge on any atom is -0.497 e. The van der Waals surface area contributed by atoms with Gasteiger partial charge in [0.2, 0.25) is 0 Å². The van der Waals surface area contributed by atoms with E-state index in [4.69, 9.17) is 4.74 Å². The first-order valence-electron chi connectivity index (χ1n) is 8.86. The first kappa shape index (κ1) is 25.5. The van der Waals surface area contributed by atoms with Gasteiger partial charge in [-0.3, -0.25) is 9.79 Å². The van der Waals surface area contributed by atoms with Crippen LogP contribution in [-0.2, 0) is 12.7 Å². The fourth-order valence-electron chi connectivity index (χ4n) is 2.44. The van der Waals surface area contributed by atoms with E-state index < -0.39 is 11.7 Å². The van der Waals surface area contributed by atoms with E-state index in [1.165, 1.54) is 19.2 Å². The Balaban J connectivity index is 0.00000450. The summed E-state index contributed by atoms with van der Waals surface area (Å²) >= 11 is 0. The summed E-state index contributed by atoms with van der Waals surface area (Å²) in [5.74, 6) is 0.850. The van der Waals surface area contributed by atoms with E-state index in [0.717, 1.165) is 12.1 Å². The highest BCUT2D eigenvalue weighted by molar-refractivity contribution is 14.0. The molecule has 0 heterocycles. The quantitative estimate of drug-likeness (QED) is 0.220. The number of benzene rings is 2. The van der Waals surface area contributed by atoms with Crippen molar-refractivity contribution >= 4 is 35.8 Å². The molecule has 0 radical (unpaired) electrons. The summed E-state index contributed by atoms with van der Waals surface area (Å²) in [5.41, 5.74) is 0.497. The Morgan fingerprint density at radius 3 is 2.30 bits per heavy atom. The van der Waals surface area contributed by atoms with Gasteiger partial charge in [0, 0.05) is 32.2 Å². The van der Waals surface area contributed by atoms with Gasteiger partial charge in [-0.25, -0.2) is 0 Å². The zero-order chi connectivity index (χ0) is 21.3. The minimum atomic E-state index is -4.35. The van der Waals surface area contributed by atoms with Gasteiger partial charge in [0.25, 0.3) is 5.91 Å². The van der Waals surface area contributed by atoms with Gasteiger partial charge >= 0.3 is 6.18 Å². The van der Waals surface area contributed by atoms with Crippen molar-refractivity contribution in [2.75, 3.05) is 27.2 Å². The van der Waals surface area contributed by atoms with Gasteiger partial charge in [-0.1, -0.05) is 18.2 Å². The molecule has 0 bridgehead atoms. The second kappa shape index (κ2) is 12.3. The molecular weight excluding hydrogens is 512 g/mol. The number of rotatable bonds is 7. The maximum absolute atomic E-state index is 12.6. The fraction of sp³-hybridized carbons (Fsp3) is 0.300. The molecule has 0 atom stereocenters. The number of halogens is 4. The molecular formula is C20H24F3IN4O2. The Morgan fingerprint density at radius 2 is 1.70 bits per heavy atom. The van der Waals surface area contributed by atoms with Crippen LogP contribution in [0.4, 0.5) is 13.2 Å². The molecule has 0 saturated carbocycles. The van der Waals surface area contributed by atoms with Gasteiger partial charge in [0.1, 0.15) is 5.75 Å². The molecule has 164 valence electrons. The van der Waals surface area contributed by atoms with Crippen LogP contribution in [0.25, 0.3) is 0 Å². The second-order valence-electron chi connectivity index (χ2n) is 6.04. The number of nitrogens with zero attached hydrogens (tertiary/aromatic N) is 1. The van der Waals surface area contributed by atoms with Crippen molar-refractivity contribution < 1.29 is 22.7 Å². The highest BCUT2D eigenvalue weighted by Gasteiger charge is 2.29. The Morgan fingerprint density at radius 1 is 1.03 bits per heavy atom. The monoisotopic (exact) mass is 536 g/mol. The summed E-state index contributed by atoms with van der Waals surface area (Å²) in [6.45, 7) is 1.09. The van der Waals surface area contributed by atoms with E-state index >= 15 is 0 Å². The molecule has 0 saturated heterocycles. The number of nitrogens with one attached hydrogen (secondary N) is 3. The summed E-state index contributed by atoms with van der Waals surface area (Å²) in [7, 11) is 3.11. The number of hydrogen-bond donors (Lipinski definition) is 3. The maximum atomic E-state index is 12.6. The summed E-state index contributed by atoms with van der Waals surface area (Å²) in [4.78, 5) is 16.2. The van der Waals surface area contributed by atoms with E-state index in [1.807, 2.05) is 0 Å². The van der Waals surface area contributed by atoms with Crippen LogP contribution >= 0.6 is 24.0 Å². The Hall–Kier alpha value is -2.50. The summed E-state index contributed by atoms with van der Waals surface area (Å²) in [6, 6.07) is 11.7. The number of aliphatic imine (C=N–C) groups is 1. The SMILES string of the molecule is CN=C(NCCNC(=O)c1cccc(OC)c1)NCc1ccc(C(F)(F)F)cc1.I. The molecule has 2 rings (SSSR count). The molecule has 2 aromatic carbocycles. The third-order valence-corrected chi connectivity index (χ3v) is 4.00. The predicted molar refractivity (Wildman–Crippen MR) is 120 cm³/mol. The summed E-state index contributed by atoms with van der Waals surface area (Å²) in [6.07, 6.45) is -4.35. The van der Waals surface area contributed by atoms with Crippen molar-refractivity contribution in [3.63, 3.8) is 0 Å². The minimum absolute atomic E-state index is 0. The van der Waals surface area contributed by atoms with Crippen LogP contribution in [0.3, 0.4) is 0 Å². The highest BCUT2D eigenvalue weighted by Crippen LogP contribution is 2.29. The lowest BCUT2D eigenvalue weighted by Gasteiger charge is -2.13. The molecule has 0 unspecified atom stereocenters. The van der Waals surface area contributed by atoms with Gasteiger partial charge in [-0.05, 0) is 35.9 Å². The fourth-order valence-corrected chi connectivity index (χ4v) is 2.44. The van der Waals surface area contributed by atoms with E-state index in [-0.39, 0.29) is 29.9 Å². The number of carbonyl (C=O) groups excluding carboxylic acids is 1. The first-order chi connectivity index (χ1) is 13.8. The zero-order valence-corrected chi connectivity index (χ0v) is 18.9. The van der Waals surface area contributed by atoms with E-state index in [0.29, 0.717) is 42.5 Å². The molecule has 30 heavy (non-hydrogen) atoms. The Kier molecular flexibility index (Phi) is 10.4. The van der Waals surface area contributed by atoms with Gasteiger partial charge < -0.3 is 20.7 Å². The van der Waals surface area contributed by atoms with Crippen LogP contribution in [0.1, 0.15) is 21.5 Å². The van der Waals surface area contributed by atoms with Crippen molar-refractivity contribution in [1.82, 2.24) is 16.0 Å². The molecule has 0 aromatic heterocycles. The second-order valence-corrected chi connectivity index (χ2v) is 6.04. The third-order valence-electron chi connectivity index (χ3n) is 4.00. The summed E-state index contributed by atoms with van der Waals surface area (Å²) < 4.78 is 42.8. The molecule has 0 aliphatic carbocycles. The molecule has 2 aromatic rings. The largest absolute Gasteiger partial charge is 0.497 e. The van der Waals surface area contributed by atoms with Gasteiger partial charge in [-0.2, -0.15) is 13.2 Å². The van der Waals surface area contributed by atoms with Crippen LogP contribution in [0.5, 0.6) is 5.75 Å². The van der Waals surface area contributed by atoms with Crippen molar-refractivity contribution in [2.45, 2.75) is 12.7 Å². The van der Waals surface area contributed by atoms with Crippen LogP contribution in [0.15, 0.2) is 53.5 Å². The van der Waals surface area contributed by atoms with E-state index in [2.05, 4.69) is 20.9 Å². The molecule has 0 fully saturated rings. The molecule has 10 heteroatoms. The van der Waals surface area contributed by atoms with Crippen molar-refractivity contribution in [3.05, 3.63) is 65.2 Å². The molecule has 0 spiro atoms. The first-order valence-corrected chi connectivity index (χ1v) is 8.86. The average molecular weight is 536 g/mol. The van der Waals surface area contributed by atoms with E-state index in [9.17, 15) is 18.0 Å². The zero-order valence-electron chi connectivity index (χ0n) is 16.5. The maximum Gasteiger partial charge on any atom is 0.416 e. The lowest BCUT2D eigenvalue weighted by atomic mass is 10.1. The van der Waals surface area contributed by atoms with Gasteiger partial charge in [0.15, 0.2) is 5.96 Å². The highest BCUT2D eigenvalue weighted by atomic mass is 127. The predicted octanol–water partition coefficient (Wildman–Crippen LogP) is 3.43. The average Bonchev–Trinajstić information content (AvgIpc) is 2.72. The molecule has 1 amide bonds. The normalized spacial score (nSPS) is 11.3. The number of methoxy groups -OCH3 is 1. The number of ether oxygens (including phenoxy) is 1. The van der Waals surface area contributed by atoms with Crippen LogP contribution < -0.4 is 20.7 Å². The molecule has 3 N–H and O–H groups in total. The topological polar surface area (TPSA) is 74.8 Å².